The summed E-state index contributed by atoms with van der Waals surface area (Å²) in [7, 11) is 0. The summed E-state index contributed by atoms with van der Waals surface area (Å²) in [5, 5.41) is 14.5. The molecule has 0 aliphatic heterocycles. The zero-order valence-electron chi connectivity index (χ0n) is 16.1. The van der Waals surface area contributed by atoms with Crippen LogP contribution >= 0.6 is 0 Å². The lowest BCUT2D eigenvalue weighted by Crippen LogP contribution is -2.42. The molecule has 0 saturated carbocycles. The largest absolute Gasteiger partial charge is 0.548 e. The molecule has 1 atom stereocenters. The van der Waals surface area contributed by atoms with Crippen LogP contribution in [0.25, 0.3) is 11.0 Å². The number of carbonyl (C=O) groups excluding carboxylic acids is 2. The highest BCUT2D eigenvalue weighted by Gasteiger charge is 2.17. The normalized spacial score (nSPS) is 11.8. The van der Waals surface area contributed by atoms with E-state index >= 15 is 0 Å². The van der Waals surface area contributed by atoms with Crippen LogP contribution in [0.5, 0.6) is 5.75 Å². The summed E-state index contributed by atoms with van der Waals surface area (Å²) in [6, 6.07) is 11.8. The maximum atomic E-state index is 12.3. The Morgan fingerprint density at radius 2 is 1.90 bits per heavy atom. The van der Waals surface area contributed by atoms with E-state index in [2.05, 4.69) is 5.32 Å². The summed E-state index contributed by atoms with van der Waals surface area (Å²) < 4.78 is 10.9. The number of benzene rings is 2. The van der Waals surface area contributed by atoms with Crippen LogP contribution in [0.4, 0.5) is 0 Å². The molecule has 0 bridgehead atoms. The van der Waals surface area contributed by atoms with E-state index in [9.17, 15) is 19.5 Å². The van der Waals surface area contributed by atoms with E-state index in [0.29, 0.717) is 28.7 Å². The van der Waals surface area contributed by atoms with E-state index in [1.807, 2.05) is 13.8 Å². The third-order valence-electron chi connectivity index (χ3n) is 4.45. The predicted octanol–water partition coefficient (Wildman–Crippen LogP) is 1.65. The SMILES string of the molecule is CCc1cc(=O)oc2cc(C)cc(OCC(=O)N[C@@H](C(=O)[O-])c3ccccc3)c12. The molecule has 7 heteroatoms. The van der Waals surface area contributed by atoms with E-state index in [1.165, 1.54) is 6.07 Å². The number of aliphatic carboxylic acids is 1. The molecule has 1 amide bonds. The molecule has 0 fully saturated rings. The second-order valence-electron chi connectivity index (χ2n) is 6.60. The minimum absolute atomic E-state index is 0.377. The molecule has 0 radical (unpaired) electrons. The van der Waals surface area contributed by atoms with Crippen LogP contribution in [0.1, 0.15) is 29.7 Å². The Bertz CT molecular complexity index is 1100. The van der Waals surface area contributed by atoms with Crippen LogP contribution in [-0.2, 0) is 16.0 Å². The van der Waals surface area contributed by atoms with Crippen molar-refractivity contribution < 1.29 is 23.8 Å². The first kappa shape index (κ1) is 20.1. The summed E-state index contributed by atoms with van der Waals surface area (Å²) in [4.78, 5) is 35.5. The van der Waals surface area contributed by atoms with Crippen molar-refractivity contribution in [3.63, 3.8) is 0 Å². The highest BCUT2D eigenvalue weighted by Crippen LogP contribution is 2.30. The molecule has 0 unspecified atom stereocenters. The highest BCUT2D eigenvalue weighted by atomic mass is 16.5. The molecule has 7 nitrogen and oxygen atoms in total. The first-order valence-electron chi connectivity index (χ1n) is 9.14. The standard InChI is InChI=1S/C22H21NO6/c1-3-14-11-19(25)29-17-10-13(2)9-16(20(14)17)28-12-18(24)23-21(22(26)27)15-7-5-4-6-8-15/h4-11,21H,3,12H2,1-2H3,(H,23,24)(H,26,27)/p-1/t21-/m1/s1. The Morgan fingerprint density at radius 1 is 1.17 bits per heavy atom. The van der Waals surface area contributed by atoms with Gasteiger partial charge in [0.05, 0.1) is 17.4 Å². The number of aryl methyl sites for hydroxylation is 2. The number of amides is 1. The van der Waals surface area contributed by atoms with Crippen LogP contribution in [0.2, 0.25) is 0 Å². The van der Waals surface area contributed by atoms with Crippen molar-refractivity contribution in [1.29, 1.82) is 0 Å². The highest BCUT2D eigenvalue weighted by molar-refractivity contribution is 5.89. The van der Waals surface area contributed by atoms with E-state index in [4.69, 9.17) is 9.15 Å². The van der Waals surface area contributed by atoms with Crippen LogP contribution in [0.15, 0.2) is 57.7 Å². The molecule has 2 aromatic carbocycles. The third kappa shape index (κ3) is 4.63. The average Bonchev–Trinajstić information content (AvgIpc) is 2.69. The summed E-state index contributed by atoms with van der Waals surface area (Å²) in [6.45, 7) is 3.30. The molecule has 0 aliphatic rings. The van der Waals surface area contributed by atoms with Crippen LogP contribution in [-0.4, -0.2) is 18.5 Å². The van der Waals surface area contributed by atoms with Crippen molar-refractivity contribution in [2.24, 2.45) is 0 Å². The first-order valence-corrected chi connectivity index (χ1v) is 9.14. The quantitative estimate of drug-likeness (QED) is 0.611. The van der Waals surface area contributed by atoms with Gasteiger partial charge in [-0.1, -0.05) is 37.3 Å². The number of hydrogen-bond donors (Lipinski definition) is 1. The molecule has 3 rings (SSSR count). The smallest absolute Gasteiger partial charge is 0.336 e. The van der Waals surface area contributed by atoms with Gasteiger partial charge in [0.1, 0.15) is 11.3 Å². The number of nitrogens with one attached hydrogen (secondary N) is 1. The molecule has 3 aromatic rings. The number of carboxylic acids is 1. The zero-order chi connectivity index (χ0) is 21.0. The van der Waals surface area contributed by atoms with Crippen molar-refractivity contribution in [3.8, 4) is 5.75 Å². The Morgan fingerprint density at radius 3 is 2.55 bits per heavy atom. The molecule has 0 aliphatic carbocycles. The van der Waals surface area contributed by atoms with Crippen LogP contribution in [0.3, 0.4) is 0 Å². The van der Waals surface area contributed by atoms with E-state index < -0.39 is 30.2 Å². The minimum atomic E-state index is -1.42. The number of rotatable bonds is 7. The average molecular weight is 394 g/mol. The number of carbonyl (C=O) groups is 2. The fourth-order valence-corrected chi connectivity index (χ4v) is 3.13. The lowest BCUT2D eigenvalue weighted by atomic mass is 10.1. The third-order valence-corrected chi connectivity index (χ3v) is 4.45. The second kappa shape index (κ2) is 8.60. The maximum Gasteiger partial charge on any atom is 0.336 e. The Hall–Kier alpha value is -3.61. The van der Waals surface area contributed by atoms with Gasteiger partial charge in [-0.2, -0.15) is 0 Å². The summed E-state index contributed by atoms with van der Waals surface area (Å²) in [5.41, 5.74) is 1.85. The van der Waals surface area contributed by atoms with E-state index in [1.54, 1.807) is 42.5 Å². The minimum Gasteiger partial charge on any atom is -0.548 e. The molecular formula is C22H20NO6-. The van der Waals surface area contributed by atoms with Crippen LogP contribution in [0, 0.1) is 6.92 Å². The van der Waals surface area contributed by atoms with Gasteiger partial charge in [0.15, 0.2) is 6.61 Å². The van der Waals surface area contributed by atoms with Crippen molar-refractivity contribution >= 4 is 22.8 Å². The molecular weight excluding hydrogens is 374 g/mol. The fraction of sp³-hybridized carbons (Fsp3) is 0.227. The van der Waals surface area contributed by atoms with Crippen molar-refractivity contribution in [2.75, 3.05) is 6.61 Å². The number of carboxylic acid groups (broad SMARTS) is 1. The van der Waals surface area contributed by atoms with Gasteiger partial charge in [-0.15, -0.1) is 0 Å². The van der Waals surface area contributed by atoms with Gasteiger partial charge in [-0.25, -0.2) is 4.79 Å². The molecule has 1 N–H and O–H groups in total. The fourth-order valence-electron chi connectivity index (χ4n) is 3.13. The molecule has 150 valence electrons. The Labute approximate surface area is 166 Å². The van der Waals surface area contributed by atoms with Crippen molar-refractivity contribution in [2.45, 2.75) is 26.3 Å². The lowest BCUT2D eigenvalue weighted by Gasteiger charge is -2.20. The summed E-state index contributed by atoms with van der Waals surface area (Å²) in [6.07, 6.45) is 0.578. The monoisotopic (exact) mass is 394 g/mol. The molecule has 29 heavy (non-hydrogen) atoms. The first-order chi connectivity index (χ1) is 13.9. The van der Waals surface area contributed by atoms with Crippen LogP contribution < -0.4 is 20.8 Å². The molecule has 0 saturated heterocycles. The van der Waals surface area contributed by atoms with Gasteiger partial charge in [-0.05, 0) is 42.2 Å². The van der Waals surface area contributed by atoms with Crippen molar-refractivity contribution in [1.82, 2.24) is 5.32 Å². The molecule has 0 spiro atoms. The number of hydrogen-bond acceptors (Lipinski definition) is 6. The maximum absolute atomic E-state index is 12.3. The second-order valence-corrected chi connectivity index (χ2v) is 6.60. The number of fused-ring (bicyclic) bond motifs is 1. The van der Waals surface area contributed by atoms with Gasteiger partial charge in [0.2, 0.25) is 0 Å². The topological polar surface area (TPSA) is 109 Å². The van der Waals surface area contributed by atoms with Gasteiger partial charge in [0, 0.05) is 6.07 Å². The number of ether oxygens (including phenoxy) is 1. The van der Waals surface area contributed by atoms with Gasteiger partial charge >= 0.3 is 5.63 Å². The Kier molecular flexibility index (Phi) is 5.97. The molecule has 1 aromatic heterocycles. The van der Waals surface area contributed by atoms with E-state index in [-0.39, 0.29) is 0 Å². The molecule has 1 heterocycles. The van der Waals surface area contributed by atoms with Gasteiger partial charge < -0.3 is 24.4 Å². The predicted molar refractivity (Wildman–Crippen MR) is 104 cm³/mol. The lowest BCUT2D eigenvalue weighted by molar-refractivity contribution is -0.308. The summed E-state index contributed by atoms with van der Waals surface area (Å²) >= 11 is 0. The van der Waals surface area contributed by atoms with Gasteiger partial charge in [0.25, 0.3) is 5.91 Å². The van der Waals surface area contributed by atoms with E-state index in [0.717, 1.165) is 11.1 Å². The van der Waals surface area contributed by atoms with Crippen molar-refractivity contribution in [3.05, 3.63) is 75.6 Å². The van der Waals surface area contributed by atoms with Gasteiger partial charge in [-0.3, -0.25) is 4.79 Å². The zero-order valence-corrected chi connectivity index (χ0v) is 16.1. The summed E-state index contributed by atoms with van der Waals surface area (Å²) in [5.74, 6) is -1.64. The Balaban J connectivity index is 1.82.